The van der Waals surface area contributed by atoms with Gasteiger partial charge in [0.1, 0.15) is 5.01 Å². The molecule has 0 saturated carbocycles. The zero-order valence-corrected chi connectivity index (χ0v) is 12.5. The lowest BCUT2D eigenvalue weighted by Crippen LogP contribution is -2.27. The van der Waals surface area contributed by atoms with Crippen LogP contribution < -0.4 is 5.32 Å². The molecule has 2 unspecified atom stereocenters. The Bertz CT molecular complexity index is 546. The Balaban J connectivity index is 1.72. The fraction of sp³-hybridized carbons (Fsp3) is 0.438. The quantitative estimate of drug-likeness (QED) is 0.889. The van der Waals surface area contributed by atoms with Gasteiger partial charge >= 0.3 is 0 Å². The van der Waals surface area contributed by atoms with Crippen molar-refractivity contribution < 1.29 is 5.11 Å². The number of aliphatic hydroxyl groups excluding tert-OH is 1. The highest BCUT2D eigenvalue weighted by Crippen LogP contribution is 2.31. The number of hydrogen-bond donors (Lipinski definition) is 2. The van der Waals surface area contributed by atoms with Crippen LogP contribution in [0.5, 0.6) is 0 Å². The predicted molar refractivity (Wildman–Crippen MR) is 82.0 cm³/mol. The molecule has 0 bridgehead atoms. The molecule has 1 aliphatic carbocycles. The first kappa shape index (κ1) is 13.7. The minimum atomic E-state index is -0.0371. The van der Waals surface area contributed by atoms with Crippen molar-refractivity contribution in [3.05, 3.63) is 51.5 Å². The van der Waals surface area contributed by atoms with Crippen molar-refractivity contribution in [1.82, 2.24) is 10.3 Å². The molecular weight excluding hydrogens is 268 g/mol. The molecule has 20 heavy (non-hydrogen) atoms. The zero-order chi connectivity index (χ0) is 13.9. The molecule has 1 heterocycles. The molecule has 0 aliphatic heterocycles. The van der Waals surface area contributed by atoms with Crippen molar-refractivity contribution in [2.24, 2.45) is 0 Å². The van der Waals surface area contributed by atoms with E-state index in [4.69, 9.17) is 4.98 Å². The third kappa shape index (κ3) is 2.77. The molecule has 2 aromatic rings. The van der Waals surface area contributed by atoms with Crippen LogP contribution in [0.4, 0.5) is 0 Å². The summed E-state index contributed by atoms with van der Waals surface area (Å²) in [6, 6.07) is 10.2. The van der Waals surface area contributed by atoms with Gasteiger partial charge in [-0.05, 0) is 31.7 Å². The average Bonchev–Trinajstić information content (AvgIpc) is 3.06. The maximum absolute atomic E-state index is 9.61. The molecule has 0 saturated heterocycles. The van der Waals surface area contributed by atoms with E-state index in [0.29, 0.717) is 0 Å². The van der Waals surface area contributed by atoms with E-state index in [2.05, 4.69) is 12.2 Å². The van der Waals surface area contributed by atoms with Gasteiger partial charge in [-0.3, -0.25) is 5.32 Å². The van der Waals surface area contributed by atoms with Crippen LogP contribution in [0.15, 0.2) is 30.3 Å². The number of rotatable bonds is 5. The van der Waals surface area contributed by atoms with Crippen molar-refractivity contribution in [3.8, 4) is 0 Å². The van der Waals surface area contributed by atoms with Gasteiger partial charge in [0.05, 0.1) is 24.4 Å². The lowest BCUT2D eigenvalue weighted by Gasteiger charge is -2.20. The minimum Gasteiger partial charge on any atom is -0.394 e. The number of aromatic nitrogens is 1. The molecule has 3 nitrogen and oxygen atoms in total. The lowest BCUT2D eigenvalue weighted by atomic mass is 10.1. The van der Waals surface area contributed by atoms with Gasteiger partial charge in [0.25, 0.3) is 0 Å². The van der Waals surface area contributed by atoms with Crippen molar-refractivity contribution in [2.75, 3.05) is 6.61 Å². The topological polar surface area (TPSA) is 45.1 Å². The van der Waals surface area contributed by atoms with Crippen LogP contribution in [0.3, 0.4) is 0 Å². The normalized spacial score (nSPS) is 16.9. The first-order valence-corrected chi connectivity index (χ1v) is 8.00. The number of hydrogen-bond acceptors (Lipinski definition) is 4. The number of thiazole rings is 1. The van der Waals surface area contributed by atoms with Crippen LogP contribution >= 0.6 is 11.3 Å². The molecule has 1 aliphatic rings. The van der Waals surface area contributed by atoms with E-state index in [1.54, 1.807) is 0 Å². The van der Waals surface area contributed by atoms with Crippen LogP contribution in [0, 0.1) is 0 Å². The molecule has 0 spiro atoms. The van der Waals surface area contributed by atoms with Crippen LogP contribution in [0.1, 0.15) is 46.6 Å². The molecule has 4 heteroatoms. The van der Waals surface area contributed by atoms with Gasteiger partial charge in [0.2, 0.25) is 0 Å². The van der Waals surface area contributed by atoms with E-state index < -0.39 is 0 Å². The van der Waals surface area contributed by atoms with E-state index in [9.17, 15) is 5.11 Å². The maximum atomic E-state index is 9.61. The second kappa shape index (κ2) is 6.04. The molecule has 106 valence electrons. The zero-order valence-electron chi connectivity index (χ0n) is 11.7. The highest BCUT2D eigenvalue weighted by Gasteiger charge is 2.21. The average molecular weight is 288 g/mol. The minimum absolute atomic E-state index is 0.0371. The van der Waals surface area contributed by atoms with Crippen molar-refractivity contribution in [2.45, 2.75) is 38.3 Å². The van der Waals surface area contributed by atoms with Crippen molar-refractivity contribution in [1.29, 1.82) is 0 Å². The summed E-state index contributed by atoms with van der Waals surface area (Å²) in [4.78, 5) is 6.20. The smallest absolute Gasteiger partial charge is 0.110 e. The summed E-state index contributed by atoms with van der Waals surface area (Å²) >= 11 is 1.82. The van der Waals surface area contributed by atoms with Crippen LogP contribution in [0.2, 0.25) is 0 Å². The highest BCUT2D eigenvalue weighted by atomic mass is 32.1. The van der Waals surface area contributed by atoms with Crippen LogP contribution in [0.25, 0.3) is 0 Å². The Morgan fingerprint density at radius 1 is 1.30 bits per heavy atom. The lowest BCUT2D eigenvalue weighted by molar-refractivity contribution is 0.235. The summed E-state index contributed by atoms with van der Waals surface area (Å²) in [7, 11) is 0. The Labute approximate surface area is 123 Å². The summed E-state index contributed by atoms with van der Waals surface area (Å²) in [5.41, 5.74) is 2.41. The van der Waals surface area contributed by atoms with Crippen LogP contribution in [-0.2, 0) is 12.8 Å². The van der Waals surface area contributed by atoms with Gasteiger partial charge in [-0.2, -0.15) is 0 Å². The summed E-state index contributed by atoms with van der Waals surface area (Å²) in [6.45, 7) is 2.22. The van der Waals surface area contributed by atoms with E-state index in [1.807, 2.05) is 41.7 Å². The van der Waals surface area contributed by atoms with Gasteiger partial charge < -0.3 is 5.11 Å². The number of nitrogens with one attached hydrogen (secondary N) is 1. The van der Waals surface area contributed by atoms with E-state index in [1.165, 1.54) is 23.4 Å². The molecule has 0 fully saturated rings. The summed E-state index contributed by atoms with van der Waals surface area (Å²) < 4.78 is 0. The number of aliphatic hydroxyl groups is 1. The summed E-state index contributed by atoms with van der Waals surface area (Å²) in [6.07, 6.45) is 3.56. The van der Waals surface area contributed by atoms with Gasteiger partial charge in [-0.15, -0.1) is 11.3 Å². The monoisotopic (exact) mass is 288 g/mol. The van der Waals surface area contributed by atoms with Crippen molar-refractivity contribution >= 4 is 11.3 Å². The number of nitrogens with zero attached hydrogens (tertiary/aromatic N) is 1. The van der Waals surface area contributed by atoms with E-state index >= 15 is 0 Å². The van der Waals surface area contributed by atoms with E-state index in [0.717, 1.165) is 17.0 Å². The standard InChI is InChI=1S/C16H20N2OS/c1-11(16-18-13-8-5-9-15(13)20-16)17-14(10-19)12-6-3-2-4-7-12/h2-4,6-7,11,14,17,19H,5,8-10H2,1H3. The number of fused-ring (bicyclic) bond motifs is 1. The predicted octanol–water partition coefficient (Wildman–Crippen LogP) is 3.02. The summed E-state index contributed by atoms with van der Waals surface area (Å²) in [5, 5.41) is 14.2. The Hall–Kier alpha value is -1.23. The van der Waals surface area contributed by atoms with Gasteiger partial charge in [-0.25, -0.2) is 4.98 Å². The molecule has 1 aromatic carbocycles. The third-order valence-electron chi connectivity index (χ3n) is 3.82. The summed E-state index contributed by atoms with van der Waals surface area (Å²) in [5.74, 6) is 0. The maximum Gasteiger partial charge on any atom is 0.110 e. The number of aryl methyl sites for hydroxylation is 2. The van der Waals surface area contributed by atoms with Crippen LogP contribution in [-0.4, -0.2) is 16.7 Å². The molecule has 0 radical (unpaired) electrons. The fourth-order valence-corrected chi connectivity index (χ4v) is 3.87. The van der Waals surface area contributed by atoms with Crippen molar-refractivity contribution in [3.63, 3.8) is 0 Å². The number of benzene rings is 1. The largest absolute Gasteiger partial charge is 0.394 e. The third-order valence-corrected chi connectivity index (χ3v) is 5.16. The van der Waals surface area contributed by atoms with E-state index in [-0.39, 0.29) is 18.7 Å². The van der Waals surface area contributed by atoms with Gasteiger partial charge in [-0.1, -0.05) is 30.3 Å². The second-order valence-corrected chi connectivity index (χ2v) is 6.42. The molecular formula is C16H20N2OS. The molecule has 3 rings (SSSR count). The Morgan fingerprint density at radius 2 is 2.10 bits per heavy atom. The molecule has 2 atom stereocenters. The Kier molecular flexibility index (Phi) is 4.15. The molecule has 2 N–H and O–H groups in total. The van der Waals surface area contributed by atoms with Gasteiger partial charge in [0.15, 0.2) is 0 Å². The SMILES string of the molecule is CC(NC(CO)c1ccccc1)c1nc2c(s1)CCC2. The second-order valence-electron chi connectivity index (χ2n) is 5.31. The highest BCUT2D eigenvalue weighted by molar-refractivity contribution is 7.11. The molecule has 0 amide bonds. The first-order chi connectivity index (χ1) is 9.78. The molecule has 1 aromatic heterocycles. The fourth-order valence-electron chi connectivity index (χ4n) is 2.71. The Morgan fingerprint density at radius 3 is 2.80 bits per heavy atom. The van der Waals surface area contributed by atoms with Gasteiger partial charge in [0, 0.05) is 4.88 Å². The first-order valence-electron chi connectivity index (χ1n) is 7.18.